The summed E-state index contributed by atoms with van der Waals surface area (Å²) in [6.07, 6.45) is 3.15. The Morgan fingerprint density at radius 3 is 2.57 bits per heavy atom. The molecule has 1 aliphatic rings. The van der Waals surface area contributed by atoms with Gasteiger partial charge in [-0.2, -0.15) is 0 Å². The first-order chi connectivity index (χ1) is 13.6. The van der Waals surface area contributed by atoms with Gasteiger partial charge in [0.25, 0.3) is 0 Å². The predicted octanol–water partition coefficient (Wildman–Crippen LogP) is 4.96. The third-order valence-electron chi connectivity index (χ3n) is 5.09. The maximum absolute atomic E-state index is 9.49. The number of aryl methyl sites for hydroxylation is 1. The first-order valence-electron chi connectivity index (χ1n) is 9.24. The summed E-state index contributed by atoms with van der Waals surface area (Å²) in [7, 11) is 0. The number of rotatable bonds is 4. The zero-order chi connectivity index (χ0) is 19.5. The van der Waals surface area contributed by atoms with Gasteiger partial charge in [-0.25, -0.2) is 9.97 Å². The second-order valence-corrected chi connectivity index (χ2v) is 7.53. The average Bonchev–Trinajstić information content (AvgIpc) is 2.73. The number of benzene rings is 2. The second kappa shape index (κ2) is 7.98. The van der Waals surface area contributed by atoms with E-state index in [1.165, 1.54) is 11.1 Å². The molecule has 0 saturated heterocycles. The van der Waals surface area contributed by atoms with Crippen LogP contribution in [0.3, 0.4) is 0 Å². The Morgan fingerprint density at radius 1 is 1.11 bits per heavy atom. The molecule has 1 aliphatic carbocycles. The fourth-order valence-corrected chi connectivity index (χ4v) is 3.63. The Balaban J connectivity index is 1.55. The van der Waals surface area contributed by atoms with Crippen LogP contribution in [0, 0.1) is 6.92 Å². The quantitative estimate of drug-likeness (QED) is 0.486. The van der Waals surface area contributed by atoms with Crippen LogP contribution in [0.25, 0.3) is 0 Å². The molecule has 6 heteroatoms. The minimum atomic E-state index is 0.190. The lowest BCUT2D eigenvalue weighted by Gasteiger charge is -2.25. The molecule has 0 amide bonds. The number of fused-ring (bicyclic) bond motifs is 1. The van der Waals surface area contributed by atoms with Gasteiger partial charge in [0.15, 0.2) is 0 Å². The number of nitrogens with zero attached hydrogens (tertiary/aromatic N) is 3. The van der Waals surface area contributed by atoms with E-state index in [-0.39, 0.29) is 5.92 Å². The fraction of sp³-hybridized carbons (Fsp3) is 0.227. The van der Waals surface area contributed by atoms with Crippen molar-refractivity contribution in [1.29, 1.82) is 0 Å². The molecule has 0 bridgehead atoms. The van der Waals surface area contributed by atoms with Crippen molar-refractivity contribution in [2.75, 3.05) is 5.32 Å². The molecule has 1 atom stereocenters. The molecule has 1 unspecified atom stereocenters. The van der Waals surface area contributed by atoms with Gasteiger partial charge in [0.2, 0.25) is 5.95 Å². The lowest BCUT2D eigenvalue weighted by Crippen LogP contribution is -2.22. The van der Waals surface area contributed by atoms with E-state index in [4.69, 9.17) is 16.6 Å². The largest absolute Gasteiger partial charge is 0.411 e. The van der Waals surface area contributed by atoms with Crippen LogP contribution in [0.1, 0.15) is 40.3 Å². The van der Waals surface area contributed by atoms with E-state index in [1.807, 2.05) is 24.3 Å². The number of anilines is 1. The molecule has 0 radical (unpaired) electrons. The summed E-state index contributed by atoms with van der Waals surface area (Å²) in [6, 6.07) is 16.2. The Kier molecular flexibility index (Phi) is 5.26. The number of hydrogen-bond acceptors (Lipinski definition) is 5. The van der Waals surface area contributed by atoms with Crippen LogP contribution in [0.2, 0.25) is 5.02 Å². The van der Waals surface area contributed by atoms with Gasteiger partial charge in [0.05, 0.1) is 11.4 Å². The van der Waals surface area contributed by atoms with E-state index in [0.29, 0.717) is 29.6 Å². The van der Waals surface area contributed by atoms with E-state index in [9.17, 15) is 5.21 Å². The molecular formula is C22H21ClN4O. The van der Waals surface area contributed by atoms with Crippen molar-refractivity contribution < 1.29 is 5.21 Å². The molecule has 2 aromatic carbocycles. The molecule has 1 aromatic heterocycles. The Morgan fingerprint density at radius 2 is 1.86 bits per heavy atom. The molecule has 2 N–H and O–H groups in total. The molecule has 1 heterocycles. The minimum absolute atomic E-state index is 0.190. The van der Waals surface area contributed by atoms with Gasteiger partial charge in [-0.3, -0.25) is 0 Å². The normalized spacial score (nSPS) is 17.4. The van der Waals surface area contributed by atoms with Crippen LogP contribution in [0.4, 0.5) is 5.95 Å². The fourth-order valence-electron chi connectivity index (χ4n) is 3.50. The van der Waals surface area contributed by atoms with Crippen molar-refractivity contribution in [3.8, 4) is 0 Å². The zero-order valence-electron chi connectivity index (χ0n) is 15.6. The molecule has 4 rings (SSSR count). The smallest absolute Gasteiger partial charge is 0.223 e. The van der Waals surface area contributed by atoms with Crippen LogP contribution >= 0.6 is 11.6 Å². The van der Waals surface area contributed by atoms with Gasteiger partial charge in [-0.15, -0.1) is 0 Å². The third-order valence-corrected chi connectivity index (χ3v) is 5.34. The summed E-state index contributed by atoms with van der Waals surface area (Å²) < 4.78 is 0. The third kappa shape index (κ3) is 3.99. The zero-order valence-corrected chi connectivity index (χ0v) is 16.3. The highest BCUT2D eigenvalue weighted by Crippen LogP contribution is 2.33. The van der Waals surface area contributed by atoms with Gasteiger partial charge in [0.1, 0.15) is 0 Å². The molecule has 28 heavy (non-hydrogen) atoms. The molecule has 0 spiro atoms. The van der Waals surface area contributed by atoms with Crippen molar-refractivity contribution >= 4 is 23.3 Å². The van der Waals surface area contributed by atoms with Crippen LogP contribution in [-0.4, -0.2) is 20.9 Å². The Labute approximate surface area is 169 Å². The van der Waals surface area contributed by atoms with Crippen LogP contribution in [0.5, 0.6) is 0 Å². The first-order valence-corrected chi connectivity index (χ1v) is 9.62. The summed E-state index contributed by atoms with van der Waals surface area (Å²) in [5, 5.41) is 17.0. The van der Waals surface area contributed by atoms with E-state index < -0.39 is 0 Å². The number of hydrogen-bond donors (Lipinski definition) is 2. The van der Waals surface area contributed by atoms with Gasteiger partial charge in [-0.1, -0.05) is 58.7 Å². The van der Waals surface area contributed by atoms with Crippen molar-refractivity contribution in [3.63, 3.8) is 0 Å². The average molecular weight is 393 g/mol. The SMILES string of the molecule is Cc1ccc(CNc2ncc3c(n2)CC(c2ccc(Cl)cc2)C/C3=N\O)cc1. The summed E-state index contributed by atoms with van der Waals surface area (Å²) in [5.41, 5.74) is 5.88. The molecule has 142 valence electrons. The highest BCUT2D eigenvalue weighted by Gasteiger charge is 2.27. The molecular weight excluding hydrogens is 372 g/mol. The Hall–Kier alpha value is -2.92. The van der Waals surface area contributed by atoms with Crippen LogP contribution in [0.15, 0.2) is 59.9 Å². The molecule has 0 aliphatic heterocycles. The van der Waals surface area contributed by atoms with Gasteiger partial charge >= 0.3 is 0 Å². The van der Waals surface area contributed by atoms with E-state index in [1.54, 1.807) is 6.20 Å². The van der Waals surface area contributed by atoms with Crippen molar-refractivity contribution in [3.05, 3.63) is 87.7 Å². The number of nitrogens with one attached hydrogen (secondary N) is 1. The van der Waals surface area contributed by atoms with Crippen LogP contribution < -0.4 is 5.32 Å². The van der Waals surface area contributed by atoms with Gasteiger partial charge in [0, 0.05) is 29.7 Å². The molecule has 0 fully saturated rings. The molecule has 3 aromatic rings. The summed E-state index contributed by atoms with van der Waals surface area (Å²) in [5.74, 6) is 0.767. The van der Waals surface area contributed by atoms with E-state index in [2.05, 4.69) is 46.6 Å². The standard InChI is InChI=1S/C22H21ClN4O/c1-14-2-4-15(5-3-14)12-24-22-25-13-19-20(26-22)10-17(11-21(19)27-28)16-6-8-18(23)9-7-16/h2-9,13,17,28H,10-12H2,1H3,(H,24,25,26)/b27-21+. The number of aromatic nitrogens is 2. The lowest BCUT2D eigenvalue weighted by molar-refractivity contribution is 0.316. The topological polar surface area (TPSA) is 70.4 Å². The van der Waals surface area contributed by atoms with E-state index >= 15 is 0 Å². The first kappa shape index (κ1) is 18.4. The van der Waals surface area contributed by atoms with E-state index in [0.717, 1.165) is 23.2 Å². The predicted molar refractivity (Wildman–Crippen MR) is 111 cm³/mol. The number of halogens is 1. The maximum Gasteiger partial charge on any atom is 0.223 e. The van der Waals surface area contributed by atoms with Crippen molar-refractivity contribution in [2.24, 2.45) is 5.16 Å². The molecule has 0 saturated carbocycles. The molecule has 5 nitrogen and oxygen atoms in total. The minimum Gasteiger partial charge on any atom is -0.411 e. The van der Waals surface area contributed by atoms with Crippen molar-refractivity contribution in [2.45, 2.75) is 32.2 Å². The second-order valence-electron chi connectivity index (χ2n) is 7.10. The summed E-state index contributed by atoms with van der Waals surface area (Å²) in [6.45, 7) is 2.72. The van der Waals surface area contributed by atoms with Crippen LogP contribution in [-0.2, 0) is 13.0 Å². The van der Waals surface area contributed by atoms with Gasteiger partial charge < -0.3 is 10.5 Å². The maximum atomic E-state index is 9.49. The summed E-state index contributed by atoms with van der Waals surface area (Å²) >= 11 is 6.01. The number of oxime groups is 1. The highest BCUT2D eigenvalue weighted by atomic mass is 35.5. The Bertz CT molecular complexity index is 1000. The summed E-state index contributed by atoms with van der Waals surface area (Å²) in [4.78, 5) is 9.10. The van der Waals surface area contributed by atoms with Gasteiger partial charge in [-0.05, 0) is 42.5 Å². The lowest BCUT2D eigenvalue weighted by atomic mass is 9.82. The monoisotopic (exact) mass is 392 g/mol. The van der Waals surface area contributed by atoms with Crippen molar-refractivity contribution in [1.82, 2.24) is 9.97 Å². The highest BCUT2D eigenvalue weighted by molar-refractivity contribution is 6.30.